The van der Waals surface area contributed by atoms with Crippen molar-refractivity contribution in [2.75, 3.05) is 6.54 Å². The maximum Gasteiger partial charge on any atom is 0.189 e. The molecular weight excluding hydrogens is 138 g/mol. The molecule has 0 saturated heterocycles. The summed E-state index contributed by atoms with van der Waals surface area (Å²) in [5.74, 6) is 1.37. The van der Waals surface area contributed by atoms with Crippen LogP contribution in [0, 0.1) is 5.92 Å². The third-order valence-corrected chi connectivity index (χ3v) is 3.11. The third-order valence-electron chi connectivity index (χ3n) is 3.11. The van der Waals surface area contributed by atoms with Crippen LogP contribution in [-0.4, -0.2) is 18.0 Å². The summed E-state index contributed by atoms with van der Waals surface area (Å²) >= 11 is 0. The number of hydrogen-bond donors (Lipinski definition) is 2. The molecule has 0 aromatic rings. The quantitative estimate of drug-likeness (QED) is 0.531. The molecule has 1 spiro atoms. The number of guanidine groups is 1. The van der Waals surface area contributed by atoms with Gasteiger partial charge in [0.25, 0.3) is 0 Å². The van der Waals surface area contributed by atoms with E-state index in [1.807, 2.05) is 0 Å². The lowest BCUT2D eigenvalue weighted by molar-refractivity contribution is 0.329. The van der Waals surface area contributed by atoms with Crippen LogP contribution in [0.5, 0.6) is 0 Å². The predicted molar refractivity (Wildman–Crippen MR) is 45.4 cm³/mol. The van der Waals surface area contributed by atoms with Crippen molar-refractivity contribution in [3.05, 3.63) is 0 Å². The molecule has 0 aromatic carbocycles. The van der Waals surface area contributed by atoms with Gasteiger partial charge in [-0.1, -0.05) is 13.3 Å². The summed E-state index contributed by atoms with van der Waals surface area (Å²) in [4.78, 5) is 4.21. The Morgan fingerprint density at radius 1 is 1.73 bits per heavy atom. The van der Waals surface area contributed by atoms with Gasteiger partial charge in [0.05, 0.1) is 12.1 Å². The van der Waals surface area contributed by atoms with E-state index in [4.69, 9.17) is 5.73 Å². The van der Waals surface area contributed by atoms with Crippen molar-refractivity contribution in [2.24, 2.45) is 16.6 Å². The van der Waals surface area contributed by atoms with Crippen molar-refractivity contribution in [1.82, 2.24) is 5.32 Å². The number of hydrogen-bond acceptors (Lipinski definition) is 3. The zero-order chi connectivity index (χ0) is 7.90. The van der Waals surface area contributed by atoms with E-state index >= 15 is 0 Å². The Bertz CT molecular complexity index is 200. The number of nitrogens with two attached hydrogens (primary N) is 1. The normalized spacial score (nSPS) is 42.6. The summed E-state index contributed by atoms with van der Waals surface area (Å²) < 4.78 is 0. The highest BCUT2D eigenvalue weighted by Gasteiger charge is 2.42. The lowest BCUT2D eigenvalue weighted by Gasteiger charge is -2.28. The minimum Gasteiger partial charge on any atom is -0.370 e. The van der Waals surface area contributed by atoms with Crippen LogP contribution >= 0.6 is 0 Å². The molecule has 0 amide bonds. The van der Waals surface area contributed by atoms with E-state index in [2.05, 4.69) is 17.2 Å². The van der Waals surface area contributed by atoms with E-state index in [1.165, 1.54) is 19.3 Å². The fourth-order valence-electron chi connectivity index (χ4n) is 2.23. The van der Waals surface area contributed by atoms with Gasteiger partial charge in [-0.15, -0.1) is 0 Å². The Morgan fingerprint density at radius 3 is 3.00 bits per heavy atom. The van der Waals surface area contributed by atoms with Crippen molar-refractivity contribution in [3.63, 3.8) is 0 Å². The second-order valence-corrected chi connectivity index (χ2v) is 3.78. The molecule has 0 radical (unpaired) electrons. The van der Waals surface area contributed by atoms with Gasteiger partial charge in [-0.2, -0.15) is 0 Å². The summed E-state index contributed by atoms with van der Waals surface area (Å²) in [6.45, 7) is 3.17. The number of nitrogens with one attached hydrogen (secondary N) is 1. The second-order valence-electron chi connectivity index (χ2n) is 3.78. The first-order valence-corrected chi connectivity index (χ1v) is 4.31. The maximum atomic E-state index is 5.59. The van der Waals surface area contributed by atoms with Crippen LogP contribution in [0.3, 0.4) is 0 Å². The summed E-state index contributed by atoms with van der Waals surface area (Å²) in [5.41, 5.74) is 5.83. The molecule has 1 aliphatic heterocycles. The summed E-state index contributed by atoms with van der Waals surface area (Å²) in [7, 11) is 0. The monoisotopic (exact) mass is 153 g/mol. The fourth-order valence-corrected chi connectivity index (χ4v) is 2.23. The topological polar surface area (TPSA) is 50.4 Å². The Labute approximate surface area is 67.1 Å². The first-order valence-electron chi connectivity index (χ1n) is 4.31. The molecule has 1 saturated carbocycles. The second kappa shape index (κ2) is 2.13. The van der Waals surface area contributed by atoms with Gasteiger partial charge in [0, 0.05) is 0 Å². The first kappa shape index (κ1) is 6.95. The molecule has 2 rings (SSSR count). The minimum absolute atomic E-state index is 0.240. The van der Waals surface area contributed by atoms with Gasteiger partial charge in [-0.3, -0.25) is 4.99 Å². The highest BCUT2D eigenvalue weighted by Crippen LogP contribution is 2.37. The molecule has 2 atom stereocenters. The van der Waals surface area contributed by atoms with Crippen molar-refractivity contribution in [2.45, 2.75) is 31.7 Å². The summed E-state index contributed by atoms with van der Waals surface area (Å²) in [6.07, 6.45) is 3.87. The number of rotatable bonds is 0. The van der Waals surface area contributed by atoms with Gasteiger partial charge in [-0.25, -0.2) is 0 Å². The van der Waals surface area contributed by atoms with Gasteiger partial charge in [0.1, 0.15) is 0 Å². The molecule has 1 aliphatic carbocycles. The van der Waals surface area contributed by atoms with Gasteiger partial charge in [-0.05, 0) is 18.8 Å². The smallest absolute Gasteiger partial charge is 0.189 e. The minimum atomic E-state index is 0.240. The van der Waals surface area contributed by atoms with Crippen LogP contribution in [0.15, 0.2) is 4.99 Å². The first-order chi connectivity index (χ1) is 5.23. The zero-order valence-electron chi connectivity index (χ0n) is 6.93. The average molecular weight is 153 g/mol. The van der Waals surface area contributed by atoms with Gasteiger partial charge in [0.15, 0.2) is 5.96 Å². The van der Waals surface area contributed by atoms with Crippen LogP contribution in [0.1, 0.15) is 26.2 Å². The van der Waals surface area contributed by atoms with Gasteiger partial charge >= 0.3 is 0 Å². The molecular formula is C8H15N3. The summed E-state index contributed by atoms with van der Waals surface area (Å²) in [6, 6.07) is 0. The molecule has 1 fully saturated rings. The lowest BCUT2D eigenvalue weighted by atomic mass is 9.89. The molecule has 1 heterocycles. The molecule has 11 heavy (non-hydrogen) atoms. The molecule has 62 valence electrons. The van der Waals surface area contributed by atoms with Crippen LogP contribution < -0.4 is 11.1 Å². The lowest BCUT2D eigenvalue weighted by Crippen LogP contribution is -2.49. The van der Waals surface area contributed by atoms with E-state index in [-0.39, 0.29) is 5.54 Å². The van der Waals surface area contributed by atoms with E-state index < -0.39 is 0 Å². The molecule has 3 nitrogen and oxygen atoms in total. The molecule has 0 aromatic heterocycles. The van der Waals surface area contributed by atoms with Crippen molar-refractivity contribution in [1.29, 1.82) is 0 Å². The van der Waals surface area contributed by atoms with E-state index in [0.717, 1.165) is 12.5 Å². The molecule has 2 aliphatic rings. The molecule has 3 heteroatoms. The highest BCUT2D eigenvalue weighted by atomic mass is 15.2. The van der Waals surface area contributed by atoms with Crippen molar-refractivity contribution >= 4 is 5.96 Å². The molecule has 0 bridgehead atoms. The van der Waals surface area contributed by atoms with Gasteiger partial charge < -0.3 is 11.1 Å². The Hall–Kier alpha value is -0.730. The largest absolute Gasteiger partial charge is 0.370 e. The molecule has 3 N–H and O–H groups in total. The van der Waals surface area contributed by atoms with Gasteiger partial charge in [0.2, 0.25) is 0 Å². The van der Waals surface area contributed by atoms with Crippen LogP contribution in [0.2, 0.25) is 0 Å². The Balaban J connectivity index is 2.13. The van der Waals surface area contributed by atoms with Crippen molar-refractivity contribution in [3.8, 4) is 0 Å². The van der Waals surface area contributed by atoms with Crippen LogP contribution in [0.4, 0.5) is 0 Å². The third kappa shape index (κ3) is 0.905. The number of aliphatic imine (C=N–C) groups is 1. The predicted octanol–water partition coefficient (Wildman–Crippen LogP) is 0.463. The zero-order valence-corrected chi connectivity index (χ0v) is 6.93. The number of nitrogens with zero attached hydrogens (tertiary/aromatic N) is 1. The standard InChI is InChI=1S/C8H15N3/c1-6-3-2-4-8(6)5-10-7(9)11-8/h6H,2-5H2,1H3,(H3,9,10,11). The highest BCUT2D eigenvalue weighted by molar-refractivity contribution is 5.80. The Kier molecular flexibility index (Phi) is 1.34. The van der Waals surface area contributed by atoms with Crippen molar-refractivity contribution < 1.29 is 0 Å². The Morgan fingerprint density at radius 2 is 2.55 bits per heavy atom. The summed E-state index contributed by atoms with van der Waals surface area (Å²) in [5, 5.41) is 3.31. The van der Waals surface area contributed by atoms with Crippen LogP contribution in [-0.2, 0) is 0 Å². The van der Waals surface area contributed by atoms with E-state index in [9.17, 15) is 0 Å². The SMILES string of the molecule is CC1CCCC12CN=C(N)N2. The van der Waals surface area contributed by atoms with E-state index in [0.29, 0.717) is 5.96 Å². The molecule has 2 unspecified atom stereocenters. The van der Waals surface area contributed by atoms with Crippen LogP contribution in [0.25, 0.3) is 0 Å². The average Bonchev–Trinajstić information content (AvgIpc) is 2.46. The van der Waals surface area contributed by atoms with E-state index in [1.54, 1.807) is 0 Å². The fraction of sp³-hybridized carbons (Fsp3) is 0.875. The maximum absolute atomic E-state index is 5.59.